The van der Waals surface area contributed by atoms with Gasteiger partial charge in [-0.3, -0.25) is 0 Å². The highest BCUT2D eigenvalue weighted by molar-refractivity contribution is 6.74. The SMILES string of the molecule is CC(C)(C)OC(=O)N[C@@H]1CNC[C@H]1O[Si](C)(C)C(C)(C)C. The standard InChI is InChI=1S/C15H32N2O3Si/c1-14(2,3)19-13(18)17-11-9-16-10-12(11)20-21(7,8)15(4,5)6/h11-12,16H,9-10H2,1-8H3,(H,17,18)/t11-,12-/m1/s1. The summed E-state index contributed by atoms with van der Waals surface area (Å²) in [6.07, 6.45) is -0.363. The first-order valence-corrected chi connectivity index (χ1v) is 10.6. The third kappa shape index (κ3) is 5.60. The zero-order valence-corrected chi connectivity index (χ0v) is 15.8. The monoisotopic (exact) mass is 316 g/mol. The van der Waals surface area contributed by atoms with E-state index in [0.717, 1.165) is 13.1 Å². The average Bonchev–Trinajstić information content (AvgIpc) is 2.59. The molecule has 0 radical (unpaired) electrons. The van der Waals surface area contributed by atoms with Crippen LogP contribution in [0.25, 0.3) is 0 Å². The van der Waals surface area contributed by atoms with Crippen molar-refractivity contribution in [2.75, 3.05) is 13.1 Å². The Labute approximate surface area is 130 Å². The Morgan fingerprint density at radius 1 is 1.14 bits per heavy atom. The lowest BCUT2D eigenvalue weighted by Crippen LogP contribution is -2.51. The van der Waals surface area contributed by atoms with Crippen molar-refractivity contribution in [3.05, 3.63) is 0 Å². The van der Waals surface area contributed by atoms with Gasteiger partial charge in [-0.1, -0.05) is 20.8 Å². The van der Waals surface area contributed by atoms with Crippen LogP contribution in [-0.4, -0.2) is 45.2 Å². The molecule has 1 aliphatic rings. The van der Waals surface area contributed by atoms with Crippen molar-refractivity contribution in [3.8, 4) is 0 Å². The molecule has 1 aliphatic heterocycles. The van der Waals surface area contributed by atoms with Gasteiger partial charge in [0, 0.05) is 13.1 Å². The lowest BCUT2D eigenvalue weighted by molar-refractivity contribution is 0.0467. The van der Waals surface area contributed by atoms with Crippen LogP contribution in [-0.2, 0) is 9.16 Å². The summed E-state index contributed by atoms with van der Waals surface area (Å²) in [7, 11) is -1.84. The zero-order chi connectivity index (χ0) is 16.5. The molecule has 1 rings (SSSR count). The number of carbonyl (C=O) groups is 1. The van der Waals surface area contributed by atoms with Crippen LogP contribution in [0.3, 0.4) is 0 Å². The second-order valence-electron chi connectivity index (χ2n) is 8.33. The number of alkyl carbamates (subject to hydrolysis) is 1. The van der Waals surface area contributed by atoms with E-state index in [1.807, 2.05) is 20.8 Å². The minimum atomic E-state index is -1.84. The molecule has 2 atom stereocenters. The summed E-state index contributed by atoms with van der Waals surface area (Å²) in [6, 6.07) is -0.0334. The van der Waals surface area contributed by atoms with Crippen molar-refractivity contribution in [2.24, 2.45) is 0 Å². The number of hydrogen-bond acceptors (Lipinski definition) is 4. The van der Waals surface area contributed by atoms with Gasteiger partial charge in [0.15, 0.2) is 8.32 Å². The van der Waals surface area contributed by atoms with Crippen LogP contribution >= 0.6 is 0 Å². The van der Waals surface area contributed by atoms with Gasteiger partial charge in [-0.15, -0.1) is 0 Å². The van der Waals surface area contributed by atoms with Gasteiger partial charge < -0.3 is 19.8 Å². The van der Waals surface area contributed by atoms with E-state index in [9.17, 15) is 4.79 Å². The molecule has 124 valence electrons. The molecule has 0 aromatic carbocycles. The number of carbonyl (C=O) groups excluding carboxylic acids is 1. The van der Waals surface area contributed by atoms with Crippen molar-refractivity contribution in [1.82, 2.24) is 10.6 Å². The van der Waals surface area contributed by atoms with E-state index in [2.05, 4.69) is 44.5 Å². The Kier molecular flexibility index (Phi) is 5.50. The summed E-state index contributed by atoms with van der Waals surface area (Å²) in [5.74, 6) is 0. The van der Waals surface area contributed by atoms with Gasteiger partial charge in [0.05, 0.1) is 12.1 Å². The molecule has 6 heteroatoms. The van der Waals surface area contributed by atoms with Crippen LogP contribution in [0.2, 0.25) is 18.1 Å². The molecule has 0 bridgehead atoms. The van der Waals surface area contributed by atoms with Crippen LogP contribution in [0.4, 0.5) is 4.79 Å². The minimum absolute atomic E-state index is 0.0124. The Balaban J connectivity index is 2.62. The van der Waals surface area contributed by atoms with Crippen molar-refractivity contribution in [1.29, 1.82) is 0 Å². The second kappa shape index (κ2) is 6.26. The van der Waals surface area contributed by atoms with Gasteiger partial charge in [0.2, 0.25) is 0 Å². The summed E-state index contributed by atoms with van der Waals surface area (Å²) >= 11 is 0. The third-order valence-electron chi connectivity index (χ3n) is 4.11. The Morgan fingerprint density at radius 2 is 1.71 bits per heavy atom. The molecule has 1 heterocycles. The van der Waals surface area contributed by atoms with E-state index in [1.54, 1.807) is 0 Å². The number of rotatable bonds is 3. The van der Waals surface area contributed by atoms with Crippen molar-refractivity contribution in [2.45, 2.75) is 77.4 Å². The highest BCUT2D eigenvalue weighted by Gasteiger charge is 2.42. The maximum atomic E-state index is 11.9. The summed E-state index contributed by atoms with van der Waals surface area (Å²) in [5, 5.41) is 6.38. The first-order valence-electron chi connectivity index (χ1n) is 7.70. The summed E-state index contributed by atoms with van der Waals surface area (Å²) in [4.78, 5) is 11.9. The van der Waals surface area contributed by atoms with E-state index in [1.165, 1.54) is 0 Å². The quantitative estimate of drug-likeness (QED) is 0.786. The molecule has 0 aromatic rings. The average molecular weight is 317 g/mol. The van der Waals surface area contributed by atoms with E-state index >= 15 is 0 Å². The molecule has 0 spiro atoms. The molecule has 21 heavy (non-hydrogen) atoms. The first kappa shape index (κ1) is 18.5. The number of nitrogens with one attached hydrogen (secondary N) is 2. The highest BCUT2D eigenvalue weighted by atomic mass is 28.4. The highest BCUT2D eigenvalue weighted by Crippen LogP contribution is 2.37. The van der Waals surface area contributed by atoms with Gasteiger partial charge in [0.25, 0.3) is 0 Å². The van der Waals surface area contributed by atoms with Crippen LogP contribution in [0.5, 0.6) is 0 Å². The lowest BCUT2D eigenvalue weighted by Gasteiger charge is -2.39. The fourth-order valence-electron chi connectivity index (χ4n) is 1.94. The van der Waals surface area contributed by atoms with Crippen LogP contribution < -0.4 is 10.6 Å². The molecule has 1 saturated heterocycles. The topological polar surface area (TPSA) is 59.6 Å². The van der Waals surface area contributed by atoms with E-state index in [-0.39, 0.29) is 23.3 Å². The fraction of sp³-hybridized carbons (Fsp3) is 0.933. The molecule has 0 aromatic heterocycles. The van der Waals surface area contributed by atoms with E-state index in [4.69, 9.17) is 9.16 Å². The predicted octanol–water partition coefficient (Wildman–Crippen LogP) is 2.87. The zero-order valence-electron chi connectivity index (χ0n) is 14.8. The number of ether oxygens (including phenoxy) is 1. The molecule has 0 aliphatic carbocycles. The van der Waals surface area contributed by atoms with Gasteiger partial charge >= 0.3 is 6.09 Å². The molecule has 1 amide bonds. The van der Waals surface area contributed by atoms with Crippen molar-refractivity contribution in [3.63, 3.8) is 0 Å². The molecule has 1 fully saturated rings. The van der Waals surface area contributed by atoms with Crippen LogP contribution in [0.1, 0.15) is 41.5 Å². The smallest absolute Gasteiger partial charge is 0.408 e. The maximum absolute atomic E-state index is 11.9. The van der Waals surface area contributed by atoms with Gasteiger partial charge in [0.1, 0.15) is 5.60 Å². The predicted molar refractivity (Wildman–Crippen MR) is 88.1 cm³/mol. The lowest BCUT2D eigenvalue weighted by atomic mass is 10.2. The largest absolute Gasteiger partial charge is 0.444 e. The summed E-state index contributed by atoms with van der Waals surface area (Å²) < 4.78 is 11.7. The third-order valence-corrected chi connectivity index (χ3v) is 8.62. The van der Waals surface area contributed by atoms with Gasteiger partial charge in [-0.2, -0.15) is 0 Å². The van der Waals surface area contributed by atoms with Crippen molar-refractivity contribution >= 4 is 14.4 Å². The fourth-order valence-corrected chi connectivity index (χ4v) is 3.29. The molecular formula is C15H32N2O3Si. The number of amides is 1. The van der Waals surface area contributed by atoms with Gasteiger partial charge in [-0.25, -0.2) is 4.79 Å². The van der Waals surface area contributed by atoms with E-state index < -0.39 is 13.9 Å². The molecular weight excluding hydrogens is 284 g/mol. The van der Waals surface area contributed by atoms with Crippen LogP contribution in [0, 0.1) is 0 Å². The Hall–Kier alpha value is -0.593. The number of hydrogen-bond donors (Lipinski definition) is 2. The maximum Gasteiger partial charge on any atom is 0.408 e. The summed E-state index contributed by atoms with van der Waals surface area (Å²) in [6.45, 7) is 18.2. The Morgan fingerprint density at radius 3 is 2.19 bits per heavy atom. The molecule has 5 nitrogen and oxygen atoms in total. The second-order valence-corrected chi connectivity index (χ2v) is 13.1. The van der Waals surface area contributed by atoms with Crippen molar-refractivity contribution < 1.29 is 14.0 Å². The molecule has 2 N–H and O–H groups in total. The normalized spacial score (nSPS) is 24.0. The van der Waals surface area contributed by atoms with Crippen LogP contribution in [0.15, 0.2) is 0 Å². The minimum Gasteiger partial charge on any atom is -0.444 e. The first-order chi connectivity index (χ1) is 9.32. The summed E-state index contributed by atoms with van der Waals surface area (Å²) in [5.41, 5.74) is -0.480. The van der Waals surface area contributed by atoms with Gasteiger partial charge in [-0.05, 0) is 38.9 Å². The van der Waals surface area contributed by atoms with E-state index in [0.29, 0.717) is 0 Å². The molecule has 0 unspecified atom stereocenters. The Bertz CT molecular complexity index is 372. The molecule has 0 saturated carbocycles.